The zero-order chi connectivity index (χ0) is 17.0. The molecule has 122 valence electrons. The van der Waals surface area contributed by atoms with Gasteiger partial charge in [0.05, 0.1) is 31.7 Å². The quantitative estimate of drug-likeness (QED) is 0.615. The Hall–Kier alpha value is -2.09. The summed E-state index contributed by atoms with van der Waals surface area (Å²) >= 11 is 0. The zero-order valence-corrected chi connectivity index (χ0v) is 13.6. The number of fused-ring (bicyclic) bond motifs is 1. The summed E-state index contributed by atoms with van der Waals surface area (Å²) < 4.78 is 12.8. The topological polar surface area (TPSA) is 91.7 Å². The van der Waals surface area contributed by atoms with Crippen LogP contribution >= 0.6 is 0 Å². The predicted octanol–water partition coefficient (Wildman–Crippen LogP) is 1.54. The average molecular weight is 316 g/mol. The molecule has 2 atom stereocenters. The zero-order valence-electron chi connectivity index (χ0n) is 13.6. The van der Waals surface area contributed by atoms with Crippen molar-refractivity contribution in [2.75, 3.05) is 12.3 Å². The summed E-state index contributed by atoms with van der Waals surface area (Å²) in [6, 6.07) is 3.71. The van der Waals surface area contributed by atoms with Gasteiger partial charge in [0.15, 0.2) is 5.82 Å². The van der Waals surface area contributed by atoms with Gasteiger partial charge in [-0.15, -0.1) is 0 Å². The molecular weight excluding hydrogens is 295 g/mol. The van der Waals surface area contributed by atoms with Gasteiger partial charge in [-0.1, -0.05) is 20.2 Å². The number of aromatic nitrogens is 3. The number of hydrogen-bond donors (Lipinski definition) is 1. The number of carbonyl (C=O) groups excluding carboxylic acids is 1. The summed E-state index contributed by atoms with van der Waals surface area (Å²) in [6.45, 7) is 5.56. The molecule has 0 aromatic carbocycles. The molecule has 2 heterocycles. The Morgan fingerprint density at radius 1 is 1.39 bits per heavy atom. The summed E-state index contributed by atoms with van der Waals surface area (Å²) in [7, 11) is 5.70. The number of nitrogens with zero attached hydrogens (tertiary/aromatic N) is 3. The Morgan fingerprint density at radius 2 is 2.13 bits per heavy atom. The van der Waals surface area contributed by atoms with Crippen molar-refractivity contribution < 1.29 is 14.3 Å². The third-order valence-electron chi connectivity index (χ3n) is 3.47. The fourth-order valence-electron chi connectivity index (χ4n) is 2.14. The lowest BCUT2D eigenvalue weighted by molar-refractivity contribution is -0.152. The van der Waals surface area contributed by atoms with E-state index < -0.39 is 6.10 Å². The van der Waals surface area contributed by atoms with Crippen molar-refractivity contribution >= 4 is 25.2 Å². The van der Waals surface area contributed by atoms with Gasteiger partial charge in [-0.25, -0.2) is 9.50 Å². The second-order valence-corrected chi connectivity index (χ2v) is 5.62. The molecular formula is C15H21BN4O3. The first-order valence-corrected chi connectivity index (χ1v) is 7.54. The van der Waals surface area contributed by atoms with E-state index in [1.165, 1.54) is 6.33 Å². The Morgan fingerprint density at radius 3 is 2.78 bits per heavy atom. The number of nitrogen functional groups attached to an aromatic ring is 1. The van der Waals surface area contributed by atoms with Crippen LogP contribution < -0.4 is 5.73 Å². The summed E-state index contributed by atoms with van der Waals surface area (Å²) in [6.07, 6.45) is 0.954. The molecule has 0 aliphatic rings. The molecule has 0 spiro atoms. The molecule has 0 aliphatic heterocycles. The van der Waals surface area contributed by atoms with Crippen molar-refractivity contribution in [3.05, 3.63) is 24.2 Å². The van der Waals surface area contributed by atoms with E-state index >= 15 is 0 Å². The molecule has 2 aromatic heterocycles. The van der Waals surface area contributed by atoms with E-state index in [1.807, 2.05) is 19.1 Å². The third-order valence-corrected chi connectivity index (χ3v) is 3.47. The normalized spacial score (nSPS) is 14.1. The van der Waals surface area contributed by atoms with E-state index in [0.717, 1.165) is 5.69 Å². The second-order valence-electron chi connectivity index (χ2n) is 5.62. The lowest BCUT2D eigenvalue weighted by Crippen LogP contribution is -2.25. The van der Waals surface area contributed by atoms with Crippen molar-refractivity contribution in [2.45, 2.75) is 39.3 Å². The van der Waals surface area contributed by atoms with Crippen LogP contribution in [-0.2, 0) is 14.3 Å². The van der Waals surface area contributed by atoms with Crippen LogP contribution in [-0.4, -0.2) is 41.1 Å². The van der Waals surface area contributed by atoms with Gasteiger partial charge < -0.3 is 15.2 Å². The van der Waals surface area contributed by atoms with Crippen molar-refractivity contribution in [1.82, 2.24) is 14.6 Å². The van der Waals surface area contributed by atoms with Gasteiger partial charge in [0.25, 0.3) is 0 Å². The predicted molar refractivity (Wildman–Crippen MR) is 87.0 cm³/mol. The van der Waals surface area contributed by atoms with Crippen LogP contribution in [0.25, 0.3) is 5.52 Å². The fraction of sp³-hybridized carbons (Fsp3) is 0.533. The fourth-order valence-corrected chi connectivity index (χ4v) is 2.14. The Bertz CT molecular complexity index is 674. The number of esters is 1. The number of nitrogens with two attached hydrogens (primary N) is 1. The minimum absolute atomic E-state index is 0.123. The van der Waals surface area contributed by atoms with Crippen LogP contribution in [0.5, 0.6) is 0 Å². The lowest BCUT2D eigenvalue weighted by Gasteiger charge is -2.21. The van der Waals surface area contributed by atoms with Crippen molar-refractivity contribution in [3.8, 4) is 0 Å². The number of carbonyl (C=O) groups is 1. The van der Waals surface area contributed by atoms with E-state index in [1.54, 1.807) is 18.4 Å². The number of ether oxygens (including phenoxy) is 2. The summed E-state index contributed by atoms with van der Waals surface area (Å²) in [5.41, 5.74) is 7.35. The van der Waals surface area contributed by atoms with Gasteiger partial charge in [-0.3, -0.25) is 4.79 Å². The molecule has 2 N–H and O–H groups in total. The highest BCUT2D eigenvalue weighted by Crippen LogP contribution is 2.23. The van der Waals surface area contributed by atoms with Gasteiger partial charge in [0, 0.05) is 0 Å². The highest BCUT2D eigenvalue weighted by molar-refractivity contribution is 6.08. The van der Waals surface area contributed by atoms with Crippen LogP contribution in [0.2, 0.25) is 6.32 Å². The average Bonchev–Trinajstić information content (AvgIpc) is 2.96. The third kappa shape index (κ3) is 4.01. The maximum absolute atomic E-state index is 11.5. The van der Waals surface area contributed by atoms with Gasteiger partial charge >= 0.3 is 5.97 Å². The smallest absolute Gasteiger partial charge is 0.308 e. The second kappa shape index (κ2) is 7.46. The van der Waals surface area contributed by atoms with Gasteiger partial charge in [-0.2, -0.15) is 5.10 Å². The molecule has 2 aromatic rings. The summed E-state index contributed by atoms with van der Waals surface area (Å²) in [4.78, 5) is 15.5. The van der Waals surface area contributed by atoms with Crippen molar-refractivity contribution in [1.29, 1.82) is 0 Å². The van der Waals surface area contributed by atoms with Gasteiger partial charge in [0.1, 0.15) is 18.5 Å². The molecule has 8 heteroatoms. The molecule has 2 radical (unpaired) electrons. The maximum atomic E-state index is 11.5. The Labute approximate surface area is 136 Å². The van der Waals surface area contributed by atoms with E-state index in [-0.39, 0.29) is 30.9 Å². The number of anilines is 1. The van der Waals surface area contributed by atoms with Crippen molar-refractivity contribution in [2.24, 2.45) is 5.92 Å². The molecule has 0 amide bonds. The lowest BCUT2D eigenvalue weighted by atomic mass is 9.99. The Kier molecular flexibility index (Phi) is 5.60. The summed E-state index contributed by atoms with van der Waals surface area (Å²) in [5.74, 6) is -0.0480. The first-order valence-electron chi connectivity index (χ1n) is 7.54. The molecule has 2 rings (SSSR count). The number of rotatable bonds is 7. The van der Waals surface area contributed by atoms with Crippen LogP contribution in [0.4, 0.5) is 5.82 Å². The van der Waals surface area contributed by atoms with Crippen LogP contribution in [0.15, 0.2) is 18.5 Å². The van der Waals surface area contributed by atoms with Crippen LogP contribution in [0, 0.1) is 5.92 Å². The number of hydrogen-bond acceptors (Lipinski definition) is 6. The monoisotopic (exact) mass is 316 g/mol. The first kappa shape index (κ1) is 17.3. The SMILES string of the molecule is [B]C[C@@H](COC(=O)C(C)C)OC(C)c1ccc2c(N)ncnn12. The highest BCUT2D eigenvalue weighted by Gasteiger charge is 2.19. The van der Waals surface area contributed by atoms with Gasteiger partial charge in [0.2, 0.25) is 0 Å². The Balaban J connectivity index is 2.05. The van der Waals surface area contributed by atoms with Crippen molar-refractivity contribution in [3.63, 3.8) is 0 Å². The molecule has 0 saturated heterocycles. The molecule has 0 bridgehead atoms. The molecule has 0 aliphatic carbocycles. The molecule has 0 saturated carbocycles. The highest BCUT2D eigenvalue weighted by atomic mass is 16.6. The molecule has 23 heavy (non-hydrogen) atoms. The first-order chi connectivity index (χ1) is 10.9. The van der Waals surface area contributed by atoms with E-state index in [4.69, 9.17) is 23.1 Å². The van der Waals surface area contributed by atoms with Crippen LogP contribution in [0.1, 0.15) is 32.6 Å². The standard InChI is InChI=1S/C15H21BN4O3/c1-9(2)15(21)22-7-11(6-16)23-10(3)12-4-5-13-14(17)18-8-19-20(12)13/h4-5,8-11H,6-7H2,1-3H3,(H2,17,18,19)/t10?,11-/m0/s1. The minimum atomic E-state index is -0.391. The maximum Gasteiger partial charge on any atom is 0.308 e. The van der Waals surface area contributed by atoms with Crippen LogP contribution in [0.3, 0.4) is 0 Å². The largest absolute Gasteiger partial charge is 0.463 e. The summed E-state index contributed by atoms with van der Waals surface area (Å²) in [5, 5.41) is 4.18. The van der Waals surface area contributed by atoms with E-state index in [0.29, 0.717) is 11.3 Å². The van der Waals surface area contributed by atoms with E-state index in [2.05, 4.69) is 10.1 Å². The van der Waals surface area contributed by atoms with Gasteiger partial charge in [-0.05, 0) is 19.1 Å². The minimum Gasteiger partial charge on any atom is -0.463 e. The molecule has 1 unspecified atom stereocenters. The molecule has 0 fully saturated rings. The molecule has 7 nitrogen and oxygen atoms in total. The van der Waals surface area contributed by atoms with E-state index in [9.17, 15) is 4.79 Å².